The molecule has 66 valence electrons. The first-order chi connectivity index (χ1) is 5.90. The van der Waals surface area contributed by atoms with Crippen LogP contribution in [-0.4, -0.2) is 6.04 Å². The SMILES string of the molecule is NNC(Cc1ccoc1)C1CC1. The molecule has 3 N–H and O–H groups in total. The summed E-state index contributed by atoms with van der Waals surface area (Å²) in [6.45, 7) is 0. The summed E-state index contributed by atoms with van der Waals surface area (Å²) >= 11 is 0. The Bertz CT molecular complexity index is 229. The molecule has 1 atom stereocenters. The summed E-state index contributed by atoms with van der Waals surface area (Å²) in [4.78, 5) is 0. The summed E-state index contributed by atoms with van der Waals surface area (Å²) < 4.78 is 4.99. The van der Waals surface area contributed by atoms with Gasteiger partial charge >= 0.3 is 0 Å². The minimum absolute atomic E-state index is 0.433. The molecule has 0 amide bonds. The van der Waals surface area contributed by atoms with E-state index in [2.05, 4.69) is 5.43 Å². The maximum atomic E-state index is 5.45. The van der Waals surface area contributed by atoms with Crippen LogP contribution in [0.2, 0.25) is 0 Å². The smallest absolute Gasteiger partial charge is 0.0935 e. The number of hydrogen-bond donors (Lipinski definition) is 2. The highest BCUT2D eigenvalue weighted by Crippen LogP contribution is 2.33. The van der Waals surface area contributed by atoms with Crippen LogP contribution in [-0.2, 0) is 6.42 Å². The molecule has 1 heterocycles. The summed E-state index contributed by atoms with van der Waals surface area (Å²) in [5.41, 5.74) is 4.09. The van der Waals surface area contributed by atoms with Crippen LogP contribution in [0.4, 0.5) is 0 Å². The van der Waals surface area contributed by atoms with Gasteiger partial charge < -0.3 is 4.42 Å². The zero-order valence-electron chi connectivity index (χ0n) is 6.99. The van der Waals surface area contributed by atoms with E-state index in [9.17, 15) is 0 Å². The van der Waals surface area contributed by atoms with Gasteiger partial charge in [0.2, 0.25) is 0 Å². The van der Waals surface area contributed by atoms with Gasteiger partial charge in [0, 0.05) is 6.04 Å². The van der Waals surface area contributed by atoms with Gasteiger partial charge in [-0.15, -0.1) is 0 Å². The van der Waals surface area contributed by atoms with Crippen molar-refractivity contribution in [2.24, 2.45) is 11.8 Å². The van der Waals surface area contributed by atoms with Gasteiger partial charge in [-0.2, -0.15) is 0 Å². The summed E-state index contributed by atoms with van der Waals surface area (Å²) in [5, 5.41) is 0. The topological polar surface area (TPSA) is 51.2 Å². The van der Waals surface area contributed by atoms with Crippen molar-refractivity contribution in [1.29, 1.82) is 0 Å². The molecule has 0 bridgehead atoms. The van der Waals surface area contributed by atoms with E-state index >= 15 is 0 Å². The van der Waals surface area contributed by atoms with Gasteiger partial charge in [0.15, 0.2) is 0 Å². The van der Waals surface area contributed by atoms with E-state index in [1.807, 2.05) is 6.07 Å². The fourth-order valence-corrected chi connectivity index (χ4v) is 1.52. The Kier molecular flexibility index (Phi) is 2.15. The number of nitrogens with one attached hydrogen (secondary N) is 1. The Labute approximate surface area is 71.9 Å². The van der Waals surface area contributed by atoms with Crippen molar-refractivity contribution in [3.05, 3.63) is 24.2 Å². The first-order valence-electron chi connectivity index (χ1n) is 4.37. The molecule has 2 rings (SSSR count). The van der Waals surface area contributed by atoms with E-state index in [0.717, 1.165) is 12.3 Å². The quantitative estimate of drug-likeness (QED) is 0.519. The summed E-state index contributed by atoms with van der Waals surface area (Å²) in [6.07, 6.45) is 7.10. The third-order valence-corrected chi connectivity index (χ3v) is 2.44. The Morgan fingerprint density at radius 1 is 1.67 bits per heavy atom. The Balaban J connectivity index is 1.91. The van der Waals surface area contributed by atoms with Gasteiger partial charge in [-0.05, 0) is 36.8 Å². The lowest BCUT2D eigenvalue weighted by atomic mass is 10.1. The van der Waals surface area contributed by atoms with Gasteiger partial charge in [0.05, 0.1) is 12.5 Å². The van der Waals surface area contributed by atoms with Crippen LogP contribution in [0.25, 0.3) is 0 Å². The predicted octanol–water partition coefficient (Wildman–Crippen LogP) is 1.06. The molecular weight excluding hydrogens is 152 g/mol. The average molecular weight is 166 g/mol. The molecule has 1 aliphatic carbocycles. The fourth-order valence-electron chi connectivity index (χ4n) is 1.52. The molecule has 1 aromatic rings. The molecule has 3 nitrogen and oxygen atoms in total. The van der Waals surface area contributed by atoms with Crippen LogP contribution in [0.15, 0.2) is 23.0 Å². The number of hydrazine groups is 1. The van der Waals surface area contributed by atoms with E-state index in [-0.39, 0.29) is 0 Å². The first-order valence-corrected chi connectivity index (χ1v) is 4.37. The maximum absolute atomic E-state index is 5.45. The highest BCUT2D eigenvalue weighted by Gasteiger charge is 2.30. The van der Waals surface area contributed by atoms with Crippen molar-refractivity contribution in [3.63, 3.8) is 0 Å². The molecule has 0 aliphatic heterocycles. The Hall–Kier alpha value is -0.800. The minimum atomic E-state index is 0.433. The highest BCUT2D eigenvalue weighted by atomic mass is 16.3. The third-order valence-electron chi connectivity index (χ3n) is 2.44. The molecule has 0 spiro atoms. The largest absolute Gasteiger partial charge is 0.472 e. The van der Waals surface area contributed by atoms with Crippen LogP contribution < -0.4 is 11.3 Å². The van der Waals surface area contributed by atoms with E-state index in [4.69, 9.17) is 10.3 Å². The van der Waals surface area contributed by atoms with Crippen LogP contribution >= 0.6 is 0 Å². The second-order valence-corrected chi connectivity index (χ2v) is 3.45. The van der Waals surface area contributed by atoms with E-state index in [1.165, 1.54) is 18.4 Å². The summed E-state index contributed by atoms with van der Waals surface area (Å²) in [7, 11) is 0. The van der Waals surface area contributed by atoms with Crippen molar-refractivity contribution in [1.82, 2.24) is 5.43 Å². The molecule has 3 heteroatoms. The van der Waals surface area contributed by atoms with Crippen LogP contribution in [0, 0.1) is 5.92 Å². The summed E-state index contributed by atoms with van der Waals surface area (Å²) in [5.74, 6) is 6.23. The minimum Gasteiger partial charge on any atom is -0.472 e. The molecule has 1 aliphatic rings. The molecule has 0 saturated heterocycles. The van der Waals surface area contributed by atoms with Crippen LogP contribution in [0.1, 0.15) is 18.4 Å². The monoisotopic (exact) mass is 166 g/mol. The van der Waals surface area contributed by atoms with Gasteiger partial charge in [-0.25, -0.2) is 0 Å². The van der Waals surface area contributed by atoms with Crippen LogP contribution in [0.3, 0.4) is 0 Å². The molecule has 1 aromatic heterocycles. The number of rotatable bonds is 4. The highest BCUT2D eigenvalue weighted by molar-refractivity contribution is 5.08. The molecule has 1 fully saturated rings. The van der Waals surface area contributed by atoms with Crippen molar-refractivity contribution in [2.45, 2.75) is 25.3 Å². The molecule has 1 saturated carbocycles. The second-order valence-electron chi connectivity index (χ2n) is 3.45. The van der Waals surface area contributed by atoms with Gasteiger partial charge in [-0.3, -0.25) is 11.3 Å². The fraction of sp³-hybridized carbons (Fsp3) is 0.556. The van der Waals surface area contributed by atoms with Gasteiger partial charge in [0.1, 0.15) is 0 Å². The van der Waals surface area contributed by atoms with E-state index < -0.39 is 0 Å². The molecule has 0 radical (unpaired) electrons. The Morgan fingerprint density at radius 2 is 2.50 bits per heavy atom. The zero-order valence-corrected chi connectivity index (χ0v) is 6.99. The molecule has 0 aromatic carbocycles. The first kappa shape index (κ1) is 7.83. The Morgan fingerprint density at radius 3 is 3.00 bits per heavy atom. The van der Waals surface area contributed by atoms with Crippen molar-refractivity contribution >= 4 is 0 Å². The second kappa shape index (κ2) is 3.29. The third kappa shape index (κ3) is 1.68. The standard InChI is InChI=1S/C9H14N2O/c10-11-9(8-1-2-8)5-7-3-4-12-6-7/h3-4,6,8-9,11H,1-2,5,10H2. The molecule has 1 unspecified atom stereocenters. The van der Waals surface area contributed by atoms with Gasteiger partial charge in [0.25, 0.3) is 0 Å². The van der Waals surface area contributed by atoms with E-state index in [0.29, 0.717) is 6.04 Å². The van der Waals surface area contributed by atoms with Crippen molar-refractivity contribution < 1.29 is 4.42 Å². The lowest BCUT2D eigenvalue weighted by molar-refractivity contribution is 0.469. The lowest BCUT2D eigenvalue weighted by Crippen LogP contribution is -2.38. The van der Waals surface area contributed by atoms with Crippen molar-refractivity contribution in [3.8, 4) is 0 Å². The van der Waals surface area contributed by atoms with E-state index in [1.54, 1.807) is 12.5 Å². The number of furan rings is 1. The zero-order chi connectivity index (χ0) is 8.39. The predicted molar refractivity (Wildman–Crippen MR) is 46.2 cm³/mol. The summed E-state index contributed by atoms with van der Waals surface area (Å²) in [6, 6.07) is 2.43. The number of hydrogen-bond acceptors (Lipinski definition) is 3. The molecular formula is C9H14N2O. The average Bonchev–Trinajstić information content (AvgIpc) is 2.80. The van der Waals surface area contributed by atoms with Crippen molar-refractivity contribution in [2.75, 3.05) is 0 Å². The maximum Gasteiger partial charge on any atom is 0.0935 e. The van der Waals surface area contributed by atoms with Gasteiger partial charge in [-0.1, -0.05) is 0 Å². The van der Waals surface area contributed by atoms with Crippen LogP contribution in [0.5, 0.6) is 0 Å². The number of nitrogens with two attached hydrogens (primary N) is 1. The molecule has 12 heavy (non-hydrogen) atoms. The lowest BCUT2D eigenvalue weighted by Gasteiger charge is -2.12. The normalized spacial score (nSPS) is 19.4.